The van der Waals surface area contributed by atoms with Crippen LogP contribution in [0.5, 0.6) is 5.75 Å². The van der Waals surface area contributed by atoms with E-state index in [2.05, 4.69) is 37.6 Å². The van der Waals surface area contributed by atoms with Crippen molar-refractivity contribution in [1.82, 2.24) is 20.3 Å². The van der Waals surface area contributed by atoms with Crippen LogP contribution in [-0.2, 0) is 20.2 Å². The largest absolute Gasteiger partial charge is 0.487 e. The lowest BCUT2D eigenvalue weighted by Gasteiger charge is -2.09. The topological polar surface area (TPSA) is 52.0 Å². The van der Waals surface area contributed by atoms with E-state index in [1.807, 2.05) is 25.4 Å². The molecule has 0 saturated heterocycles. The average Bonchev–Trinajstić information content (AvgIpc) is 3.18. The standard InChI is InChI=1S/C14H17BrN4O/c1-19-8-12(17-18-19)9-20-13-4-5-14(15)10(6-13)7-16-11-2-3-11/h4-6,8,11,16H,2-3,7,9H2,1H3. The van der Waals surface area contributed by atoms with E-state index in [0.29, 0.717) is 12.6 Å². The fourth-order valence-electron chi connectivity index (χ4n) is 1.94. The summed E-state index contributed by atoms with van der Waals surface area (Å²) in [7, 11) is 1.85. The Hall–Kier alpha value is -1.40. The molecule has 1 aromatic heterocycles. The Morgan fingerprint density at radius 3 is 3.00 bits per heavy atom. The molecular formula is C14H17BrN4O. The third kappa shape index (κ3) is 3.58. The van der Waals surface area contributed by atoms with Gasteiger partial charge in [-0.05, 0) is 36.6 Å². The predicted octanol–water partition coefficient (Wildman–Crippen LogP) is 2.41. The molecule has 0 radical (unpaired) electrons. The molecule has 0 aliphatic heterocycles. The number of hydrogen-bond donors (Lipinski definition) is 1. The van der Waals surface area contributed by atoms with Gasteiger partial charge in [-0.3, -0.25) is 4.68 Å². The van der Waals surface area contributed by atoms with E-state index in [-0.39, 0.29) is 0 Å². The van der Waals surface area contributed by atoms with Gasteiger partial charge < -0.3 is 10.1 Å². The van der Waals surface area contributed by atoms with E-state index < -0.39 is 0 Å². The van der Waals surface area contributed by atoms with Crippen LogP contribution in [-0.4, -0.2) is 21.0 Å². The van der Waals surface area contributed by atoms with Gasteiger partial charge in [0.2, 0.25) is 0 Å². The molecule has 3 rings (SSSR count). The molecule has 0 unspecified atom stereocenters. The summed E-state index contributed by atoms with van der Waals surface area (Å²) in [6.07, 6.45) is 4.44. The van der Waals surface area contributed by atoms with E-state index in [9.17, 15) is 0 Å². The van der Waals surface area contributed by atoms with E-state index in [4.69, 9.17) is 4.74 Å². The maximum absolute atomic E-state index is 5.76. The normalized spacial score (nSPS) is 14.5. The van der Waals surface area contributed by atoms with Gasteiger partial charge in [0.1, 0.15) is 18.1 Å². The number of ether oxygens (including phenoxy) is 1. The number of nitrogens with one attached hydrogen (secondary N) is 1. The van der Waals surface area contributed by atoms with Gasteiger partial charge in [0, 0.05) is 24.1 Å². The van der Waals surface area contributed by atoms with Crippen molar-refractivity contribution in [1.29, 1.82) is 0 Å². The van der Waals surface area contributed by atoms with Gasteiger partial charge in [-0.2, -0.15) is 0 Å². The van der Waals surface area contributed by atoms with Gasteiger partial charge in [-0.15, -0.1) is 5.10 Å². The molecule has 20 heavy (non-hydrogen) atoms. The highest BCUT2D eigenvalue weighted by Gasteiger charge is 2.20. The summed E-state index contributed by atoms with van der Waals surface area (Å²) in [5.74, 6) is 0.853. The zero-order valence-electron chi connectivity index (χ0n) is 11.3. The maximum Gasteiger partial charge on any atom is 0.134 e. The second kappa shape index (κ2) is 5.93. The van der Waals surface area contributed by atoms with Crippen molar-refractivity contribution < 1.29 is 4.74 Å². The molecule has 1 aromatic carbocycles. The first-order chi connectivity index (χ1) is 9.70. The summed E-state index contributed by atoms with van der Waals surface area (Å²) < 4.78 is 8.54. The smallest absolute Gasteiger partial charge is 0.134 e. The van der Waals surface area contributed by atoms with Crippen LogP contribution in [0.15, 0.2) is 28.9 Å². The molecule has 106 valence electrons. The number of aryl methyl sites for hydroxylation is 1. The van der Waals surface area contributed by atoms with Gasteiger partial charge in [-0.1, -0.05) is 21.1 Å². The van der Waals surface area contributed by atoms with Gasteiger partial charge in [-0.25, -0.2) is 0 Å². The van der Waals surface area contributed by atoms with Crippen LogP contribution in [0, 0.1) is 0 Å². The SMILES string of the molecule is Cn1cc(COc2ccc(Br)c(CNC3CC3)c2)nn1. The number of benzene rings is 1. The molecule has 2 aromatic rings. The van der Waals surface area contributed by atoms with E-state index in [0.717, 1.165) is 22.5 Å². The molecule has 0 spiro atoms. The first-order valence-corrected chi connectivity index (χ1v) is 7.50. The zero-order valence-corrected chi connectivity index (χ0v) is 12.9. The number of aromatic nitrogens is 3. The maximum atomic E-state index is 5.76. The summed E-state index contributed by atoms with van der Waals surface area (Å²) in [5.41, 5.74) is 2.04. The fourth-order valence-corrected chi connectivity index (χ4v) is 2.32. The van der Waals surface area contributed by atoms with Crippen molar-refractivity contribution in [2.24, 2.45) is 7.05 Å². The number of rotatable bonds is 6. The van der Waals surface area contributed by atoms with Crippen molar-refractivity contribution in [2.45, 2.75) is 32.0 Å². The van der Waals surface area contributed by atoms with Crippen LogP contribution in [0.3, 0.4) is 0 Å². The van der Waals surface area contributed by atoms with Gasteiger partial charge in [0.05, 0.1) is 6.20 Å². The van der Waals surface area contributed by atoms with Crippen LogP contribution >= 0.6 is 15.9 Å². The lowest BCUT2D eigenvalue weighted by Crippen LogP contribution is -2.15. The summed E-state index contributed by atoms with van der Waals surface area (Å²) in [6, 6.07) is 6.75. The quantitative estimate of drug-likeness (QED) is 0.880. The molecule has 5 nitrogen and oxygen atoms in total. The first kappa shape index (κ1) is 13.6. The lowest BCUT2D eigenvalue weighted by atomic mass is 10.2. The van der Waals surface area contributed by atoms with Crippen molar-refractivity contribution in [3.05, 3.63) is 40.1 Å². The summed E-state index contributed by atoms with van der Waals surface area (Å²) in [5, 5.41) is 11.4. The van der Waals surface area contributed by atoms with Crippen molar-refractivity contribution in [2.75, 3.05) is 0 Å². The Bertz CT molecular complexity index is 595. The zero-order chi connectivity index (χ0) is 13.9. The third-order valence-corrected chi connectivity index (χ3v) is 3.99. The predicted molar refractivity (Wildman–Crippen MR) is 79.3 cm³/mol. The summed E-state index contributed by atoms with van der Waals surface area (Å²) >= 11 is 3.58. The van der Waals surface area contributed by atoms with Crippen LogP contribution in [0.2, 0.25) is 0 Å². The van der Waals surface area contributed by atoms with E-state index >= 15 is 0 Å². The molecule has 1 fully saturated rings. The van der Waals surface area contributed by atoms with Crippen molar-refractivity contribution in [3.8, 4) is 5.75 Å². The Balaban J connectivity index is 1.61. The average molecular weight is 337 g/mol. The van der Waals surface area contributed by atoms with Crippen molar-refractivity contribution in [3.63, 3.8) is 0 Å². The highest BCUT2D eigenvalue weighted by molar-refractivity contribution is 9.10. The summed E-state index contributed by atoms with van der Waals surface area (Å²) in [6.45, 7) is 1.30. The molecule has 1 saturated carbocycles. The van der Waals surface area contributed by atoms with Gasteiger partial charge in [0.15, 0.2) is 0 Å². The Morgan fingerprint density at radius 1 is 1.45 bits per heavy atom. The Morgan fingerprint density at radius 2 is 2.30 bits per heavy atom. The fraction of sp³-hybridized carbons (Fsp3) is 0.429. The molecule has 0 atom stereocenters. The molecule has 1 heterocycles. The van der Waals surface area contributed by atoms with Crippen LogP contribution in [0.25, 0.3) is 0 Å². The highest BCUT2D eigenvalue weighted by Crippen LogP contribution is 2.25. The molecular weight excluding hydrogens is 320 g/mol. The number of halogens is 1. The van der Waals surface area contributed by atoms with Crippen LogP contribution < -0.4 is 10.1 Å². The molecule has 0 amide bonds. The molecule has 1 N–H and O–H groups in total. The Kier molecular flexibility index (Phi) is 4.03. The lowest BCUT2D eigenvalue weighted by molar-refractivity contribution is 0.300. The second-order valence-electron chi connectivity index (χ2n) is 5.08. The third-order valence-electron chi connectivity index (χ3n) is 3.21. The second-order valence-corrected chi connectivity index (χ2v) is 5.93. The summed E-state index contributed by atoms with van der Waals surface area (Å²) in [4.78, 5) is 0. The van der Waals surface area contributed by atoms with Gasteiger partial charge >= 0.3 is 0 Å². The van der Waals surface area contributed by atoms with Crippen LogP contribution in [0.4, 0.5) is 0 Å². The number of hydrogen-bond acceptors (Lipinski definition) is 4. The Labute approximate surface area is 126 Å². The molecule has 1 aliphatic rings. The monoisotopic (exact) mass is 336 g/mol. The minimum absolute atomic E-state index is 0.435. The molecule has 1 aliphatic carbocycles. The minimum Gasteiger partial charge on any atom is -0.487 e. The minimum atomic E-state index is 0.435. The van der Waals surface area contributed by atoms with Crippen molar-refractivity contribution >= 4 is 15.9 Å². The molecule has 6 heteroatoms. The van der Waals surface area contributed by atoms with E-state index in [1.165, 1.54) is 18.4 Å². The molecule has 0 bridgehead atoms. The van der Waals surface area contributed by atoms with Crippen LogP contribution in [0.1, 0.15) is 24.1 Å². The van der Waals surface area contributed by atoms with Gasteiger partial charge in [0.25, 0.3) is 0 Å². The highest BCUT2D eigenvalue weighted by atomic mass is 79.9. The first-order valence-electron chi connectivity index (χ1n) is 6.70. The number of nitrogens with zero attached hydrogens (tertiary/aromatic N) is 3. The van der Waals surface area contributed by atoms with E-state index in [1.54, 1.807) is 4.68 Å².